The van der Waals surface area contributed by atoms with E-state index in [1.165, 1.54) is 0 Å². The first-order chi connectivity index (χ1) is 12.2. The summed E-state index contributed by atoms with van der Waals surface area (Å²) >= 11 is 0. The molecule has 132 valence electrons. The van der Waals surface area contributed by atoms with Gasteiger partial charge in [-0.05, 0) is 69.0 Å². The molecule has 1 fully saturated rings. The molecular weight excluding hydrogens is 316 g/mol. The number of nitrogens with one attached hydrogen (secondary N) is 1. The van der Waals surface area contributed by atoms with Crippen molar-refractivity contribution in [3.05, 3.63) is 54.4 Å². The van der Waals surface area contributed by atoms with Gasteiger partial charge in [-0.15, -0.1) is 0 Å². The summed E-state index contributed by atoms with van der Waals surface area (Å²) in [5, 5.41) is 3.05. The fourth-order valence-corrected chi connectivity index (χ4v) is 2.90. The second kappa shape index (κ2) is 8.62. The minimum Gasteiger partial charge on any atom is -0.457 e. The van der Waals surface area contributed by atoms with Gasteiger partial charge in [0.25, 0.3) is 5.91 Å². The van der Waals surface area contributed by atoms with Crippen LogP contribution in [0, 0.1) is 0 Å². The Hall–Kier alpha value is -2.40. The van der Waals surface area contributed by atoms with Crippen LogP contribution in [-0.4, -0.2) is 29.6 Å². The third-order valence-electron chi connectivity index (χ3n) is 4.33. The summed E-state index contributed by atoms with van der Waals surface area (Å²) in [4.78, 5) is 16.3. The molecule has 3 rings (SSSR count). The predicted octanol–water partition coefficient (Wildman–Crippen LogP) is 3.95. The Morgan fingerprint density at radius 2 is 1.96 bits per heavy atom. The van der Waals surface area contributed by atoms with Crippen molar-refractivity contribution in [3.63, 3.8) is 0 Å². The molecule has 0 radical (unpaired) electrons. The minimum atomic E-state index is -0.0599. The number of pyridine rings is 1. The van der Waals surface area contributed by atoms with E-state index in [4.69, 9.17) is 9.47 Å². The molecule has 0 bridgehead atoms. The highest BCUT2D eigenvalue weighted by molar-refractivity contribution is 5.94. The number of aromatic nitrogens is 1. The van der Waals surface area contributed by atoms with Gasteiger partial charge in [-0.2, -0.15) is 0 Å². The van der Waals surface area contributed by atoms with Gasteiger partial charge < -0.3 is 14.8 Å². The van der Waals surface area contributed by atoms with E-state index < -0.39 is 0 Å². The molecule has 5 heteroatoms. The molecule has 2 heterocycles. The minimum absolute atomic E-state index is 0.0599. The highest BCUT2D eigenvalue weighted by Crippen LogP contribution is 2.21. The first-order valence-corrected chi connectivity index (χ1v) is 8.81. The summed E-state index contributed by atoms with van der Waals surface area (Å²) in [5.41, 5.74) is 0.631. The maximum Gasteiger partial charge on any atom is 0.251 e. The van der Waals surface area contributed by atoms with E-state index in [0.717, 1.165) is 38.0 Å². The van der Waals surface area contributed by atoms with Crippen molar-refractivity contribution in [3.8, 4) is 11.5 Å². The van der Waals surface area contributed by atoms with E-state index in [9.17, 15) is 4.79 Å². The lowest BCUT2D eigenvalue weighted by molar-refractivity contribution is 0.0899. The molecule has 0 spiro atoms. The fourth-order valence-electron chi connectivity index (χ4n) is 2.90. The van der Waals surface area contributed by atoms with Crippen molar-refractivity contribution < 1.29 is 14.3 Å². The summed E-state index contributed by atoms with van der Waals surface area (Å²) in [6, 6.07) is 10.9. The maximum absolute atomic E-state index is 12.3. The second-order valence-electron chi connectivity index (χ2n) is 6.40. The predicted molar refractivity (Wildman–Crippen MR) is 95.9 cm³/mol. The zero-order valence-electron chi connectivity index (χ0n) is 14.5. The van der Waals surface area contributed by atoms with E-state index in [1.54, 1.807) is 48.8 Å². The maximum atomic E-state index is 12.3. The number of hydrogen-bond acceptors (Lipinski definition) is 4. The number of amides is 1. The molecule has 5 nitrogen and oxygen atoms in total. The Bertz CT molecular complexity index is 667. The molecule has 1 aliphatic rings. The fraction of sp³-hybridized carbons (Fsp3) is 0.400. The number of carbonyl (C=O) groups excluding carboxylic acids is 1. The number of benzene rings is 1. The first-order valence-electron chi connectivity index (χ1n) is 8.81. The Kier molecular flexibility index (Phi) is 6.01. The van der Waals surface area contributed by atoms with E-state index >= 15 is 0 Å². The molecule has 1 aromatic carbocycles. The Labute approximate surface area is 148 Å². The molecule has 1 saturated heterocycles. The van der Waals surface area contributed by atoms with Crippen LogP contribution in [0.3, 0.4) is 0 Å². The highest BCUT2D eigenvalue weighted by atomic mass is 16.5. The molecule has 1 aliphatic heterocycles. The zero-order valence-corrected chi connectivity index (χ0v) is 14.5. The summed E-state index contributed by atoms with van der Waals surface area (Å²) in [6.45, 7) is 2.91. The van der Waals surface area contributed by atoms with Crippen LogP contribution in [0.15, 0.2) is 48.8 Å². The van der Waals surface area contributed by atoms with Crippen molar-refractivity contribution in [2.45, 2.75) is 44.8 Å². The van der Waals surface area contributed by atoms with Crippen molar-refractivity contribution in [1.29, 1.82) is 0 Å². The lowest BCUT2D eigenvalue weighted by Crippen LogP contribution is -2.33. The molecule has 2 atom stereocenters. The van der Waals surface area contributed by atoms with Gasteiger partial charge in [-0.1, -0.05) is 0 Å². The molecule has 2 aromatic rings. The lowest BCUT2D eigenvalue weighted by Gasteiger charge is -2.16. The number of carbonyl (C=O) groups is 1. The lowest BCUT2D eigenvalue weighted by atomic mass is 10.1. The molecule has 1 amide bonds. The van der Waals surface area contributed by atoms with Gasteiger partial charge in [0.1, 0.15) is 11.5 Å². The number of rotatable bonds is 7. The van der Waals surface area contributed by atoms with Gasteiger partial charge in [-0.3, -0.25) is 9.78 Å². The van der Waals surface area contributed by atoms with Crippen LogP contribution in [0.25, 0.3) is 0 Å². The Balaban J connectivity index is 1.48. The van der Waals surface area contributed by atoms with E-state index in [-0.39, 0.29) is 11.9 Å². The Morgan fingerprint density at radius 1 is 1.24 bits per heavy atom. The van der Waals surface area contributed by atoms with Crippen LogP contribution in [0.2, 0.25) is 0 Å². The molecule has 0 saturated carbocycles. The standard InChI is InChI=1S/C20H24N2O3/c1-15(4-7-17-3-2-14-24-17)22-20(23)16-5-8-18(9-6-16)25-19-10-12-21-13-11-19/h5-6,8-13,15,17H,2-4,7,14H2,1H3,(H,22,23)/t15-,17-/m0/s1. The average molecular weight is 340 g/mol. The summed E-state index contributed by atoms with van der Waals surface area (Å²) < 4.78 is 11.3. The molecule has 0 aliphatic carbocycles. The molecule has 25 heavy (non-hydrogen) atoms. The third kappa shape index (κ3) is 5.29. The van der Waals surface area contributed by atoms with E-state index in [0.29, 0.717) is 17.4 Å². The number of hydrogen-bond donors (Lipinski definition) is 1. The smallest absolute Gasteiger partial charge is 0.251 e. The molecule has 1 aromatic heterocycles. The van der Waals surface area contributed by atoms with Crippen molar-refractivity contribution >= 4 is 5.91 Å². The van der Waals surface area contributed by atoms with Gasteiger partial charge in [0.15, 0.2) is 0 Å². The number of nitrogens with zero attached hydrogens (tertiary/aromatic N) is 1. The van der Waals surface area contributed by atoms with E-state index in [1.807, 2.05) is 6.92 Å². The van der Waals surface area contributed by atoms with Crippen LogP contribution >= 0.6 is 0 Å². The topological polar surface area (TPSA) is 60.5 Å². The van der Waals surface area contributed by atoms with Crippen LogP contribution in [0.4, 0.5) is 0 Å². The zero-order chi connectivity index (χ0) is 17.5. The summed E-state index contributed by atoms with van der Waals surface area (Å²) in [7, 11) is 0. The van der Waals surface area contributed by atoms with Gasteiger partial charge in [0.05, 0.1) is 6.10 Å². The average Bonchev–Trinajstić information content (AvgIpc) is 3.15. The van der Waals surface area contributed by atoms with Crippen molar-refractivity contribution in [2.24, 2.45) is 0 Å². The van der Waals surface area contributed by atoms with Crippen molar-refractivity contribution in [1.82, 2.24) is 10.3 Å². The molecular formula is C20H24N2O3. The highest BCUT2D eigenvalue weighted by Gasteiger charge is 2.17. The van der Waals surface area contributed by atoms with Crippen LogP contribution < -0.4 is 10.1 Å². The Morgan fingerprint density at radius 3 is 2.64 bits per heavy atom. The van der Waals surface area contributed by atoms with Gasteiger partial charge in [-0.25, -0.2) is 0 Å². The van der Waals surface area contributed by atoms with E-state index in [2.05, 4.69) is 10.3 Å². The molecule has 1 N–H and O–H groups in total. The SMILES string of the molecule is C[C@@H](CC[C@@H]1CCCO1)NC(=O)c1ccc(Oc2ccncc2)cc1. The summed E-state index contributed by atoms with van der Waals surface area (Å²) in [5.74, 6) is 1.35. The van der Waals surface area contributed by atoms with Gasteiger partial charge in [0.2, 0.25) is 0 Å². The van der Waals surface area contributed by atoms with Gasteiger partial charge in [0, 0.05) is 30.6 Å². The largest absolute Gasteiger partial charge is 0.457 e. The first kappa shape index (κ1) is 17.4. The van der Waals surface area contributed by atoms with Crippen LogP contribution in [0.1, 0.15) is 43.0 Å². The van der Waals surface area contributed by atoms with Crippen LogP contribution in [0.5, 0.6) is 11.5 Å². The monoisotopic (exact) mass is 340 g/mol. The van der Waals surface area contributed by atoms with Crippen molar-refractivity contribution in [2.75, 3.05) is 6.61 Å². The third-order valence-corrected chi connectivity index (χ3v) is 4.33. The quantitative estimate of drug-likeness (QED) is 0.829. The number of ether oxygens (including phenoxy) is 2. The molecule has 0 unspecified atom stereocenters. The van der Waals surface area contributed by atoms with Gasteiger partial charge >= 0.3 is 0 Å². The van der Waals surface area contributed by atoms with Crippen LogP contribution in [-0.2, 0) is 4.74 Å². The normalized spacial score (nSPS) is 17.9. The second-order valence-corrected chi connectivity index (χ2v) is 6.40. The summed E-state index contributed by atoms with van der Waals surface area (Å²) in [6.07, 6.45) is 7.94.